The van der Waals surface area contributed by atoms with Crippen LogP contribution in [0.4, 0.5) is 0 Å². The third kappa shape index (κ3) is 13.9. The molecule has 20 heteroatoms. The van der Waals surface area contributed by atoms with Crippen molar-refractivity contribution in [2.45, 2.75) is 225 Å². The molecular formula is C67H89N6O13P. The third-order valence-electron chi connectivity index (χ3n) is 18.8. The van der Waals surface area contributed by atoms with Crippen molar-refractivity contribution in [3.63, 3.8) is 0 Å². The predicted octanol–water partition coefficient (Wildman–Crippen LogP) is 12.3. The van der Waals surface area contributed by atoms with Crippen molar-refractivity contribution in [1.29, 1.82) is 15.8 Å². The summed E-state index contributed by atoms with van der Waals surface area (Å²) >= 11 is 0. The fourth-order valence-corrected chi connectivity index (χ4v) is 16.5. The number of benzene rings is 3. The van der Waals surface area contributed by atoms with Crippen LogP contribution >= 0.6 is 7.82 Å². The smallest absolute Gasteiger partial charge is 0.475 e. The van der Waals surface area contributed by atoms with Crippen molar-refractivity contribution in [3.05, 3.63) is 88.0 Å². The fourth-order valence-electron chi connectivity index (χ4n) is 14.5. The summed E-state index contributed by atoms with van der Waals surface area (Å²) in [6.45, 7) is 27.3. The molecule has 470 valence electrons. The van der Waals surface area contributed by atoms with E-state index >= 15 is 4.57 Å². The number of phosphoric ester groups is 1. The van der Waals surface area contributed by atoms with Crippen molar-refractivity contribution in [3.8, 4) is 35.5 Å². The highest BCUT2D eigenvalue weighted by atomic mass is 31.2. The third-order valence-corrected chi connectivity index (χ3v) is 20.7. The lowest BCUT2D eigenvalue weighted by atomic mass is 9.69. The van der Waals surface area contributed by atoms with E-state index in [0.717, 1.165) is 24.0 Å². The van der Waals surface area contributed by atoms with Gasteiger partial charge in [0.1, 0.15) is 40.2 Å². The number of carbonyl (C=O) groups is 3. The van der Waals surface area contributed by atoms with Crippen LogP contribution in [0.15, 0.2) is 54.6 Å². The van der Waals surface area contributed by atoms with Crippen LogP contribution < -0.4 is 14.2 Å². The van der Waals surface area contributed by atoms with E-state index in [1.165, 1.54) is 0 Å². The minimum absolute atomic E-state index is 0.000516. The Bertz CT molecular complexity index is 3240. The first-order valence-electron chi connectivity index (χ1n) is 31.2. The van der Waals surface area contributed by atoms with Gasteiger partial charge in [0.2, 0.25) is 17.7 Å². The molecule has 0 radical (unpaired) electrons. The van der Waals surface area contributed by atoms with E-state index in [1.807, 2.05) is 109 Å². The first kappa shape index (κ1) is 65.4. The molecule has 3 amide bonds. The monoisotopic (exact) mass is 1220 g/mol. The number of hydrogen-bond acceptors (Lipinski definition) is 16. The van der Waals surface area contributed by atoms with E-state index < -0.39 is 84.3 Å². The Kier molecular flexibility index (Phi) is 19.4. The van der Waals surface area contributed by atoms with Gasteiger partial charge in [-0.3, -0.25) is 28.0 Å². The summed E-state index contributed by atoms with van der Waals surface area (Å²) < 4.78 is 75.8. The average molecular weight is 1220 g/mol. The molecule has 6 aliphatic rings. The Morgan fingerprint density at radius 1 is 0.621 bits per heavy atom. The molecule has 0 bridgehead atoms. The van der Waals surface area contributed by atoms with E-state index in [-0.39, 0.29) is 62.7 Å². The number of amides is 3. The quantitative estimate of drug-likeness (QED) is 0.0759. The largest absolute Gasteiger partial charge is 0.487 e. The molecule has 6 aliphatic heterocycles. The summed E-state index contributed by atoms with van der Waals surface area (Å²) in [6.07, 6.45) is 1.99. The molecule has 0 N–H and O–H groups in total. The van der Waals surface area contributed by atoms with Gasteiger partial charge >= 0.3 is 7.82 Å². The highest BCUT2D eigenvalue weighted by molar-refractivity contribution is 7.48. The summed E-state index contributed by atoms with van der Waals surface area (Å²) in [5.41, 5.74) is -0.928. The molecule has 19 nitrogen and oxygen atoms in total. The van der Waals surface area contributed by atoms with Crippen molar-refractivity contribution in [2.24, 2.45) is 11.8 Å². The molecule has 0 spiro atoms. The molecule has 9 rings (SSSR count). The summed E-state index contributed by atoms with van der Waals surface area (Å²) in [5.74, 6) is 1.18. The maximum Gasteiger partial charge on any atom is 0.475 e. The zero-order valence-electron chi connectivity index (χ0n) is 53.1. The second-order valence-electron chi connectivity index (χ2n) is 26.9. The lowest BCUT2D eigenvalue weighted by Gasteiger charge is -2.53. The number of phosphoric acid groups is 1. The molecule has 3 fully saturated rings. The van der Waals surface area contributed by atoms with Gasteiger partial charge in [-0.15, -0.1) is 0 Å². The van der Waals surface area contributed by atoms with Crippen molar-refractivity contribution >= 4 is 25.5 Å². The van der Waals surface area contributed by atoms with E-state index in [4.69, 9.17) is 42.0 Å². The van der Waals surface area contributed by atoms with Gasteiger partial charge in [0, 0.05) is 81.1 Å². The second-order valence-corrected chi connectivity index (χ2v) is 28.4. The van der Waals surface area contributed by atoms with E-state index in [0.29, 0.717) is 91.2 Å². The number of carbonyl (C=O) groups excluding carboxylic acids is 3. The van der Waals surface area contributed by atoms with Gasteiger partial charge in [-0.25, -0.2) is 4.57 Å². The lowest BCUT2D eigenvalue weighted by molar-refractivity contribution is -0.166. The zero-order chi connectivity index (χ0) is 63.0. The predicted molar refractivity (Wildman–Crippen MR) is 323 cm³/mol. The Hall–Kier alpha value is -6.07. The van der Waals surface area contributed by atoms with Crippen LogP contribution in [0.2, 0.25) is 0 Å². The van der Waals surface area contributed by atoms with E-state index in [2.05, 4.69) is 18.2 Å². The molecule has 87 heavy (non-hydrogen) atoms. The molecule has 0 saturated carbocycles. The summed E-state index contributed by atoms with van der Waals surface area (Å²) in [6, 6.07) is 21.3. The maximum absolute atomic E-state index is 15.7. The number of hydrogen-bond donors (Lipinski definition) is 0. The van der Waals surface area contributed by atoms with Crippen LogP contribution in [0.1, 0.15) is 206 Å². The fraction of sp³-hybridized carbons (Fsp3) is 0.642. The van der Waals surface area contributed by atoms with Gasteiger partial charge in [0.05, 0.1) is 95.1 Å². The van der Waals surface area contributed by atoms with Crippen molar-refractivity contribution in [1.82, 2.24) is 14.7 Å². The Labute approximate surface area is 514 Å². The first-order valence-corrected chi connectivity index (χ1v) is 32.7. The average Bonchev–Trinajstić information content (AvgIpc) is 2.52. The Morgan fingerprint density at radius 2 is 1.06 bits per heavy atom. The number of likely N-dealkylation sites (tertiary alicyclic amines) is 3. The molecule has 6 heterocycles. The molecule has 0 aromatic heterocycles. The molecule has 0 aliphatic carbocycles. The van der Waals surface area contributed by atoms with Crippen LogP contribution in [-0.4, -0.2) is 124 Å². The van der Waals surface area contributed by atoms with E-state index in [1.54, 1.807) is 50.2 Å². The van der Waals surface area contributed by atoms with Gasteiger partial charge < -0.3 is 43.1 Å². The molecule has 3 aromatic rings. The molecule has 3 saturated heterocycles. The maximum atomic E-state index is 15.7. The molecule has 3 aromatic carbocycles. The van der Waals surface area contributed by atoms with Gasteiger partial charge in [-0.1, -0.05) is 6.92 Å². The Morgan fingerprint density at radius 3 is 1.53 bits per heavy atom. The van der Waals surface area contributed by atoms with Gasteiger partial charge in [-0.2, -0.15) is 15.8 Å². The topological polar surface area (TPSA) is 232 Å². The lowest BCUT2D eigenvalue weighted by Crippen LogP contribution is -2.59. The number of fused-ring (bicyclic) bond motifs is 3. The highest BCUT2D eigenvalue weighted by Crippen LogP contribution is 2.58. The van der Waals surface area contributed by atoms with Crippen LogP contribution in [0, 0.1) is 45.8 Å². The van der Waals surface area contributed by atoms with Gasteiger partial charge in [0.25, 0.3) is 0 Å². The summed E-state index contributed by atoms with van der Waals surface area (Å²) in [7, 11) is -4.50. The highest BCUT2D eigenvalue weighted by Gasteiger charge is 2.56. The molecular weight excluding hydrogens is 1130 g/mol. The standard InChI is InChI=1S/C67H89N6O13P/c1-14-67(13,29-35-80-64(7,8)61-59(72-31-16-19-55(72)75)49-37-46(40-69)22-25-52(49)82-65(61,9)10)86-87(77,85-43(3)28-34-79-62-60(73-32-17-20-56(73)76)50-38-47(41-70)23-26-53(50)83-66(62,11)12)84-42(2)27-33-78-44(4)57-58(71-30-15-18-54(71)74)48-36-45(39-68)21-24-51(48)81-63(57,5)6/h21-26,36-38,42-44,57-62H,14-20,27-35H2,1-13H3/t42?,43?,44-,57+,58-,59-,60-,61-,62+,67?,87?/m1/s1. The minimum atomic E-state index is -4.50. The van der Waals surface area contributed by atoms with Crippen LogP contribution in [-0.2, 0) is 46.7 Å². The zero-order valence-corrected chi connectivity index (χ0v) is 54.0. The van der Waals surface area contributed by atoms with Gasteiger partial charge in [0.15, 0.2) is 0 Å². The normalized spacial score (nSPS) is 26.1. The molecule has 4 unspecified atom stereocenters. The Balaban J connectivity index is 0.931. The van der Waals surface area contributed by atoms with Gasteiger partial charge in [-0.05, 0) is 176 Å². The number of nitrogens with zero attached hydrogens (tertiary/aromatic N) is 6. The SMILES string of the molecule is CCC(C)(CCOC(C)(C)[C@H]1[C@H](N2CCCC2=O)c2cc(C#N)ccc2OC1(C)C)OP(=O)(OC(C)CCO[C@H](C)[C@H]1[C@H](N2CCCC2=O)c2cc(C#N)ccc2OC1(C)C)OC(C)CCO[C@H]1[C@H](N2CCCC2=O)c2cc(C#N)ccc2OC1(C)C. The number of nitriles is 3. The molecule has 11 atom stereocenters. The van der Waals surface area contributed by atoms with Crippen LogP contribution in [0.3, 0.4) is 0 Å². The second kappa shape index (κ2) is 25.8. The van der Waals surface area contributed by atoms with Crippen LogP contribution in [0.25, 0.3) is 0 Å². The summed E-state index contributed by atoms with van der Waals surface area (Å²) in [5, 5.41) is 29.7. The van der Waals surface area contributed by atoms with Crippen molar-refractivity contribution in [2.75, 3.05) is 39.5 Å². The number of ether oxygens (including phenoxy) is 6. The minimum Gasteiger partial charge on any atom is -0.487 e. The van der Waals surface area contributed by atoms with Crippen molar-refractivity contribution < 1.29 is 60.9 Å². The number of rotatable bonds is 24. The summed E-state index contributed by atoms with van der Waals surface area (Å²) in [4.78, 5) is 46.2. The van der Waals surface area contributed by atoms with Crippen LogP contribution in [0.5, 0.6) is 17.2 Å². The first-order chi connectivity index (χ1) is 41.1. The van der Waals surface area contributed by atoms with E-state index in [9.17, 15) is 30.2 Å².